The van der Waals surface area contributed by atoms with Crippen molar-refractivity contribution in [1.82, 2.24) is 15.2 Å². The van der Waals surface area contributed by atoms with E-state index in [4.69, 9.17) is 10.7 Å². The molecule has 0 fully saturated rings. The molecule has 0 unspecified atom stereocenters. The molecule has 0 aliphatic carbocycles. The van der Waals surface area contributed by atoms with Crippen LogP contribution in [0.15, 0.2) is 34.0 Å². The Bertz CT molecular complexity index is 746. The van der Waals surface area contributed by atoms with Gasteiger partial charge in [0.1, 0.15) is 5.01 Å². The summed E-state index contributed by atoms with van der Waals surface area (Å²) in [5.74, 6) is 1.34. The standard InChI is InChI=1S/C15H16N4S3/c1-9(2)10-3-5-11(6-4-10)13-17-12(7-20-13)8-21-15-19-18-14(16)22-15/h3-7,9H,8H2,1-2H3,(H2,16,18). The number of rotatable bonds is 5. The van der Waals surface area contributed by atoms with E-state index in [0.717, 1.165) is 20.8 Å². The number of aromatic nitrogens is 3. The molecule has 1 aromatic carbocycles. The Morgan fingerprint density at radius 1 is 1.18 bits per heavy atom. The predicted octanol–water partition coefficient (Wildman–Crippen LogP) is 4.66. The van der Waals surface area contributed by atoms with Gasteiger partial charge >= 0.3 is 0 Å². The zero-order chi connectivity index (χ0) is 15.5. The maximum atomic E-state index is 5.58. The summed E-state index contributed by atoms with van der Waals surface area (Å²) in [5, 5.41) is 11.5. The molecule has 0 bridgehead atoms. The van der Waals surface area contributed by atoms with Crippen molar-refractivity contribution in [3.63, 3.8) is 0 Å². The molecule has 0 amide bonds. The molecule has 0 atom stereocenters. The number of nitrogen functional groups attached to an aromatic ring is 1. The number of anilines is 1. The van der Waals surface area contributed by atoms with Crippen LogP contribution in [-0.2, 0) is 5.75 Å². The number of thioether (sulfide) groups is 1. The van der Waals surface area contributed by atoms with Crippen molar-refractivity contribution >= 4 is 39.6 Å². The lowest BCUT2D eigenvalue weighted by molar-refractivity contribution is 0.867. The maximum Gasteiger partial charge on any atom is 0.203 e. The highest BCUT2D eigenvalue weighted by Crippen LogP contribution is 2.30. The summed E-state index contributed by atoms with van der Waals surface area (Å²) in [7, 11) is 0. The fourth-order valence-electron chi connectivity index (χ4n) is 1.93. The summed E-state index contributed by atoms with van der Waals surface area (Å²) >= 11 is 4.70. The third-order valence-electron chi connectivity index (χ3n) is 3.14. The summed E-state index contributed by atoms with van der Waals surface area (Å²) in [4.78, 5) is 4.70. The van der Waals surface area contributed by atoms with Crippen molar-refractivity contribution < 1.29 is 0 Å². The Kier molecular flexibility index (Phi) is 4.75. The van der Waals surface area contributed by atoms with Crippen LogP contribution in [0.4, 0.5) is 5.13 Å². The third kappa shape index (κ3) is 3.66. The van der Waals surface area contributed by atoms with Crippen LogP contribution in [0.5, 0.6) is 0 Å². The lowest BCUT2D eigenvalue weighted by atomic mass is 10.0. The molecule has 2 N–H and O–H groups in total. The number of nitrogens with two attached hydrogens (primary N) is 1. The summed E-state index contributed by atoms with van der Waals surface area (Å²) < 4.78 is 0.883. The predicted molar refractivity (Wildman–Crippen MR) is 95.5 cm³/mol. The molecule has 3 rings (SSSR count). The summed E-state index contributed by atoms with van der Waals surface area (Å²) in [6, 6.07) is 8.66. The van der Waals surface area contributed by atoms with Crippen molar-refractivity contribution in [2.24, 2.45) is 0 Å². The Labute approximate surface area is 141 Å². The van der Waals surface area contributed by atoms with E-state index in [1.165, 1.54) is 22.5 Å². The molecule has 2 aromatic heterocycles. The SMILES string of the molecule is CC(C)c1ccc(-c2nc(CSc3nnc(N)s3)cs2)cc1. The highest BCUT2D eigenvalue weighted by atomic mass is 32.2. The van der Waals surface area contributed by atoms with Crippen LogP contribution in [-0.4, -0.2) is 15.2 Å². The number of nitrogens with zero attached hydrogens (tertiary/aromatic N) is 3. The molecule has 0 saturated carbocycles. The van der Waals surface area contributed by atoms with Crippen LogP contribution in [0.25, 0.3) is 10.6 Å². The molecule has 0 aliphatic heterocycles. The molecule has 7 heteroatoms. The molecule has 0 saturated heterocycles. The third-order valence-corrected chi connectivity index (χ3v) is 6.00. The Hall–Kier alpha value is -1.44. The molecule has 0 radical (unpaired) electrons. The highest BCUT2D eigenvalue weighted by Gasteiger charge is 2.08. The average molecular weight is 349 g/mol. The van der Waals surface area contributed by atoms with Crippen LogP contribution in [0, 0.1) is 0 Å². The van der Waals surface area contributed by atoms with Gasteiger partial charge in [-0.3, -0.25) is 0 Å². The summed E-state index contributed by atoms with van der Waals surface area (Å²) in [6.07, 6.45) is 0. The van der Waals surface area contributed by atoms with Crippen LogP contribution >= 0.6 is 34.4 Å². The van der Waals surface area contributed by atoms with Crippen LogP contribution in [0.3, 0.4) is 0 Å². The lowest BCUT2D eigenvalue weighted by Gasteiger charge is -2.05. The number of thiazole rings is 1. The first kappa shape index (κ1) is 15.5. The van der Waals surface area contributed by atoms with E-state index in [2.05, 4.69) is 53.7 Å². The van der Waals surface area contributed by atoms with Gasteiger partial charge in [0.2, 0.25) is 5.13 Å². The van der Waals surface area contributed by atoms with Crippen molar-refractivity contribution in [3.8, 4) is 10.6 Å². The van der Waals surface area contributed by atoms with E-state index in [1.54, 1.807) is 23.1 Å². The maximum absolute atomic E-state index is 5.58. The van der Waals surface area contributed by atoms with Gasteiger partial charge in [-0.2, -0.15) is 0 Å². The molecule has 0 spiro atoms. The fourth-order valence-corrected chi connectivity index (χ4v) is 4.39. The van der Waals surface area contributed by atoms with Crippen LogP contribution in [0.2, 0.25) is 0 Å². The molecule has 22 heavy (non-hydrogen) atoms. The first-order chi connectivity index (χ1) is 10.6. The normalized spacial score (nSPS) is 11.2. The van der Waals surface area contributed by atoms with Crippen LogP contribution < -0.4 is 5.73 Å². The Balaban J connectivity index is 1.67. The molecule has 0 aliphatic rings. The highest BCUT2D eigenvalue weighted by molar-refractivity contribution is 8.00. The molecule has 114 valence electrons. The van der Waals surface area contributed by atoms with Gasteiger partial charge in [-0.15, -0.1) is 21.5 Å². The van der Waals surface area contributed by atoms with Gasteiger partial charge < -0.3 is 5.73 Å². The first-order valence-electron chi connectivity index (χ1n) is 6.88. The van der Waals surface area contributed by atoms with Gasteiger partial charge in [0.25, 0.3) is 0 Å². The summed E-state index contributed by atoms with van der Waals surface area (Å²) in [6.45, 7) is 4.40. The van der Waals surface area contributed by atoms with Gasteiger partial charge in [-0.1, -0.05) is 61.2 Å². The van der Waals surface area contributed by atoms with Gasteiger partial charge in [0, 0.05) is 16.7 Å². The first-order valence-corrected chi connectivity index (χ1v) is 9.56. The smallest absolute Gasteiger partial charge is 0.203 e. The fraction of sp³-hybridized carbons (Fsp3) is 0.267. The van der Waals surface area contributed by atoms with E-state index in [-0.39, 0.29) is 0 Å². The van der Waals surface area contributed by atoms with E-state index >= 15 is 0 Å². The average Bonchev–Trinajstić information content (AvgIpc) is 3.14. The van der Waals surface area contributed by atoms with E-state index in [1.807, 2.05) is 0 Å². The molecular formula is C15H16N4S3. The molecule has 2 heterocycles. The van der Waals surface area contributed by atoms with Crippen molar-refractivity contribution in [2.75, 3.05) is 5.73 Å². The Morgan fingerprint density at radius 3 is 2.59 bits per heavy atom. The molecule has 3 aromatic rings. The largest absolute Gasteiger partial charge is 0.374 e. The second kappa shape index (κ2) is 6.76. The monoisotopic (exact) mass is 348 g/mol. The van der Waals surface area contributed by atoms with Crippen molar-refractivity contribution in [2.45, 2.75) is 29.9 Å². The van der Waals surface area contributed by atoms with Gasteiger partial charge in [0.05, 0.1) is 5.69 Å². The minimum Gasteiger partial charge on any atom is -0.374 e. The quantitative estimate of drug-likeness (QED) is 0.679. The van der Waals surface area contributed by atoms with Gasteiger partial charge in [0.15, 0.2) is 4.34 Å². The zero-order valence-corrected chi connectivity index (χ0v) is 14.8. The topological polar surface area (TPSA) is 64.7 Å². The van der Waals surface area contributed by atoms with Gasteiger partial charge in [-0.05, 0) is 11.5 Å². The second-order valence-corrected chi connectivity index (χ2v) is 8.21. The van der Waals surface area contributed by atoms with Crippen molar-refractivity contribution in [3.05, 3.63) is 40.9 Å². The Morgan fingerprint density at radius 2 is 1.95 bits per heavy atom. The molecular weight excluding hydrogens is 332 g/mol. The zero-order valence-electron chi connectivity index (χ0n) is 12.3. The number of hydrogen-bond donors (Lipinski definition) is 1. The van der Waals surface area contributed by atoms with Crippen LogP contribution in [0.1, 0.15) is 31.0 Å². The molecule has 4 nitrogen and oxygen atoms in total. The summed E-state index contributed by atoms with van der Waals surface area (Å²) in [5.41, 5.74) is 9.16. The van der Waals surface area contributed by atoms with E-state index in [9.17, 15) is 0 Å². The van der Waals surface area contributed by atoms with E-state index < -0.39 is 0 Å². The minimum atomic E-state index is 0.506. The van der Waals surface area contributed by atoms with Gasteiger partial charge in [-0.25, -0.2) is 4.98 Å². The number of benzene rings is 1. The van der Waals surface area contributed by atoms with Crippen molar-refractivity contribution in [1.29, 1.82) is 0 Å². The lowest BCUT2D eigenvalue weighted by Crippen LogP contribution is -1.87. The van der Waals surface area contributed by atoms with E-state index in [0.29, 0.717) is 11.0 Å². The second-order valence-electron chi connectivity index (χ2n) is 5.12. The number of hydrogen-bond acceptors (Lipinski definition) is 7. The minimum absolute atomic E-state index is 0.506.